The van der Waals surface area contributed by atoms with E-state index in [1.165, 1.54) is 0 Å². The van der Waals surface area contributed by atoms with Crippen LogP contribution in [-0.4, -0.2) is 38.5 Å². The Bertz CT molecular complexity index is 523. The molecule has 1 aromatic carbocycles. The maximum absolute atomic E-state index is 9.22. The van der Waals surface area contributed by atoms with Gasteiger partial charge in [-0.05, 0) is 35.4 Å². The second-order valence-corrected chi connectivity index (χ2v) is 4.75. The van der Waals surface area contributed by atoms with Crippen molar-refractivity contribution in [2.24, 2.45) is 0 Å². The first-order valence-electron chi connectivity index (χ1n) is 6.56. The summed E-state index contributed by atoms with van der Waals surface area (Å²) in [7, 11) is 0. The van der Waals surface area contributed by atoms with Crippen molar-refractivity contribution in [3.05, 3.63) is 36.2 Å². The Kier molecular flexibility index (Phi) is 3.41. The van der Waals surface area contributed by atoms with Crippen LogP contribution >= 0.6 is 0 Å². The molecule has 1 aliphatic carbocycles. The molecular formula is C13H17N5O. The zero-order valence-corrected chi connectivity index (χ0v) is 10.7. The molecule has 1 aliphatic rings. The number of hydrogen-bond acceptors (Lipinski definition) is 5. The minimum atomic E-state index is 0.111. The van der Waals surface area contributed by atoms with Crippen LogP contribution in [0, 0.1) is 0 Å². The molecule has 6 heteroatoms. The predicted octanol–water partition coefficient (Wildman–Crippen LogP) is 1.01. The lowest BCUT2D eigenvalue weighted by Crippen LogP contribution is -2.27. The van der Waals surface area contributed by atoms with Gasteiger partial charge in [-0.15, -0.1) is 5.10 Å². The van der Waals surface area contributed by atoms with Crippen LogP contribution in [0.4, 0.5) is 5.69 Å². The van der Waals surface area contributed by atoms with E-state index in [0.29, 0.717) is 19.1 Å². The third-order valence-electron chi connectivity index (χ3n) is 3.28. The Morgan fingerprint density at radius 2 is 2.05 bits per heavy atom. The number of anilines is 1. The molecule has 0 aliphatic heterocycles. The average molecular weight is 259 g/mol. The van der Waals surface area contributed by atoms with Gasteiger partial charge in [0, 0.05) is 12.2 Å². The molecule has 0 atom stereocenters. The van der Waals surface area contributed by atoms with Crippen LogP contribution in [-0.2, 0) is 6.54 Å². The van der Waals surface area contributed by atoms with Crippen LogP contribution in [0.15, 0.2) is 30.3 Å². The Hall–Kier alpha value is -1.95. The highest BCUT2D eigenvalue weighted by molar-refractivity contribution is 5.45. The van der Waals surface area contributed by atoms with Gasteiger partial charge in [0.25, 0.3) is 0 Å². The molecule has 0 amide bonds. The molecule has 1 fully saturated rings. The summed E-state index contributed by atoms with van der Waals surface area (Å²) in [5.74, 6) is 0.861. The number of nitrogens with zero attached hydrogens (tertiary/aromatic N) is 5. The molecule has 100 valence electrons. The summed E-state index contributed by atoms with van der Waals surface area (Å²) in [5.41, 5.74) is 1.07. The summed E-state index contributed by atoms with van der Waals surface area (Å²) in [5, 5.41) is 21.1. The van der Waals surface area contributed by atoms with Crippen molar-refractivity contribution in [3.63, 3.8) is 0 Å². The highest BCUT2D eigenvalue weighted by atomic mass is 16.3. The smallest absolute Gasteiger partial charge is 0.170 e. The number of aliphatic hydroxyl groups is 1. The Morgan fingerprint density at radius 3 is 2.74 bits per heavy atom. The van der Waals surface area contributed by atoms with E-state index in [9.17, 15) is 5.11 Å². The number of tetrazole rings is 1. The van der Waals surface area contributed by atoms with Crippen LogP contribution in [0.2, 0.25) is 0 Å². The van der Waals surface area contributed by atoms with Crippen molar-refractivity contribution >= 4 is 5.69 Å². The second kappa shape index (κ2) is 5.36. The lowest BCUT2D eigenvalue weighted by atomic mass is 10.3. The summed E-state index contributed by atoms with van der Waals surface area (Å²) in [6.45, 7) is 1.30. The number of benzene rings is 1. The molecule has 0 unspecified atom stereocenters. The maximum Gasteiger partial charge on any atom is 0.170 e. The van der Waals surface area contributed by atoms with Gasteiger partial charge in [-0.2, -0.15) is 0 Å². The minimum Gasteiger partial charge on any atom is -0.395 e. The quantitative estimate of drug-likeness (QED) is 0.838. The van der Waals surface area contributed by atoms with Gasteiger partial charge in [0.05, 0.1) is 19.2 Å². The zero-order valence-electron chi connectivity index (χ0n) is 10.7. The third kappa shape index (κ3) is 2.73. The van der Waals surface area contributed by atoms with E-state index >= 15 is 0 Å². The predicted molar refractivity (Wildman–Crippen MR) is 70.7 cm³/mol. The molecule has 1 aromatic heterocycles. The van der Waals surface area contributed by atoms with Crippen LogP contribution in [0.5, 0.6) is 0 Å². The number of rotatable bonds is 6. The van der Waals surface area contributed by atoms with Gasteiger partial charge in [-0.3, -0.25) is 0 Å². The van der Waals surface area contributed by atoms with Gasteiger partial charge in [0.1, 0.15) is 0 Å². The average Bonchev–Trinajstić information content (AvgIpc) is 3.19. The number of aliphatic hydroxyl groups excluding tert-OH is 1. The maximum atomic E-state index is 9.22. The first kappa shape index (κ1) is 12.1. The van der Waals surface area contributed by atoms with E-state index in [0.717, 1.165) is 24.4 Å². The van der Waals surface area contributed by atoms with Gasteiger partial charge < -0.3 is 10.0 Å². The molecule has 0 saturated heterocycles. The molecule has 1 saturated carbocycles. The monoisotopic (exact) mass is 259 g/mol. The van der Waals surface area contributed by atoms with E-state index in [2.05, 4.69) is 20.4 Å². The molecule has 19 heavy (non-hydrogen) atoms. The second-order valence-electron chi connectivity index (χ2n) is 4.75. The van der Waals surface area contributed by atoms with E-state index in [-0.39, 0.29) is 6.61 Å². The Balaban J connectivity index is 1.79. The standard InChI is InChI=1S/C13H17N5O/c19-9-8-17(11-4-2-1-3-5-11)10-13-14-15-16-18(13)12-6-7-12/h1-5,12,19H,6-10H2. The molecular weight excluding hydrogens is 242 g/mol. The lowest BCUT2D eigenvalue weighted by molar-refractivity contribution is 0.301. The summed E-state index contributed by atoms with van der Waals surface area (Å²) in [6, 6.07) is 10.5. The fourth-order valence-corrected chi connectivity index (χ4v) is 2.15. The van der Waals surface area contributed by atoms with Crippen molar-refractivity contribution in [1.29, 1.82) is 0 Å². The van der Waals surface area contributed by atoms with E-state index in [4.69, 9.17) is 0 Å². The van der Waals surface area contributed by atoms with Gasteiger partial charge >= 0.3 is 0 Å². The largest absolute Gasteiger partial charge is 0.395 e. The molecule has 3 rings (SSSR count). The molecule has 0 bridgehead atoms. The Morgan fingerprint density at radius 1 is 1.26 bits per heavy atom. The fourth-order valence-electron chi connectivity index (χ4n) is 2.15. The minimum absolute atomic E-state index is 0.111. The normalized spacial score (nSPS) is 14.6. The molecule has 1 N–H and O–H groups in total. The van der Waals surface area contributed by atoms with Gasteiger partial charge in [-0.1, -0.05) is 18.2 Å². The Labute approximate surface area is 111 Å². The van der Waals surface area contributed by atoms with Crippen LogP contribution in [0.25, 0.3) is 0 Å². The van der Waals surface area contributed by atoms with Crippen molar-refractivity contribution in [3.8, 4) is 0 Å². The highest BCUT2D eigenvalue weighted by Crippen LogP contribution is 2.34. The van der Waals surface area contributed by atoms with E-state index in [1.807, 2.05) is 35.0 Å². The third-order valence-corrected chi connectivity index (χ3v) is 3.28. The molecule has 6 nitrogen and oxygen atoms in total. The topological polar surface area (TPSA) is 67.1 Å². The van der Waals surface area contributed by atoms with Gasteiger partial charge in [0.15, 0.2) is 5.82 Å². The van der Waals surface area contributed by atoms with Crippen molar-refractivity contribution in [1.82, 2.24) is 20.2 Å². The first-order valence-corrected chi connectivity index (χ1v) is 6.56. The van der Waals surface area contributed by atoms with E-state index in [1.54, 1.807) is 0 Å². The molecule has 0 radical (unpaired) electrons. The molecule has 0 spiro atoms. The van der Waals surface area contributed by atoms with Crippen LogP contribution in [0.1, 0.15) is 24.7 Å². The highest BCUT2D eigenvalue weighted by Gasteiger charge is 2.28. The van der Waals surface area contributed by atoms with Crippen molar-refractivity contribution in [2.75, 3.05) is 18.1 Å². The van der Waals surface area contributed by atoms with E-state index < -0.39 is 0 Å². The summed E-state index contributed by atoms with van der Waals surface area (Å²) >= 11 is 0. The van der Waals surface area contributed by atoms with Gasteiger partial charge in [0.2, 0.25) is 0 Å². The van der Waals surface area contributed by atoms with Gasteiger partial charge in [-0.25, -0.2) is 4.68 Å². The molecule has 1 heterocycles. The number of hydrogen-bond donors (Lipinski definition) is 1. The summed E-state index contributed by atoms with van der Waals surface area (Å²) < 4.78 is 1.91. The zero-order chi connectivity index (χ0) is 13.1. The number of aromatic nitrogens is 4. The number of para-hydroxylation sites is 1. The van der Waals surface area contributed by atoms with Crippen molar-refractivity contribution in [2.45, 2.75) is 25.4 Å². The van der Waals surface area contributed by atoms with Crippen molar-refractivity contribution < 1.29 is 5.11 Å². The summed E-state index contributed by atoms with van der Waals surface area (Å²) in [4.78, 5) is 2.09. The lowest BCUT2D eigenvalue weighted by Gasteiger charge is -2.23. The van der Waals surface area contributed by atoms with Crippen LogP contribution < -0.4 is 4.90 Å². The summed E-state index contributed by atoms with van der Waals surface area (Å²) in [6.07, 6.45) is 2.31. The van der Waals surface area contributed by atoms with Crippen LogP contribution in [0.3, 0.4) is 0 Å². The fraction of sp³-hybridized carbons (Fsp3) is 0.462. The first-order chi connectivity index (χ1) is 9.38. The molecule has 2 aromatic rings. The SMILES string of the molecule is OCCN(Cc1nnnn1C1CC1)c1ccccc1.